The van der Waals surface area contributed by atoms with Gasteiger partial charge >= 0.3 is 0 Å². The molecule has 2 aromatic carbocycles. The van der Waals surface area contributed by atoms with Gasteiger partial charge in [-0.3, -0.25) is 9.59 Å². The number of hydrogen-bond donors (Lipinski definition) is 2. The third-order valence-corrected chi connectivity index (χ3v) is 4.39. The van der Waals surface area contributed by atoms with Crippen LogP contribution in [0.4, 0.5) is 5.69 Å². The minimum atomic E-state index is -0.329. The third-order valence-electron chi connectivity index (χ3n) is 4.02. The van der Waals surface area contributed by atoms with E-state index in [1.807, 2.05) is 50.2 Å². The number of hydrogen-bond acceptors (Lipinski definition) is 2. The van der Waals surface area contributed by atoms with Crippen molar-refractivity contribution in [2.75, 3.05) is 5.32 Å². The van der Waals surface area contributed by atoms with Crippen molar-refractivity contribution in [3.8, 4) is 0 Å². The fraction of sp³-hybridized carbons (Fsp3) is 0.300. The second-order valence-electron chi connectivity index (χ2n) is 5.75. The Labute approximate surface area is 153 Å². The van der Waals surface area contributed by atoms with Gasteiger partial charge in [-0.2, -0.15) is 0 Å². The van der Waals surface area contributed by atoms with Crippen LogP contribution >= 0.6 is 11.6 Å². The zero-order valence-electron chi connectivity index (χ0n) is 14.6. The van der Waals surface area contributed by atoms with Crippen molar-refractivity contribution in [2.45, 2.75) is 39.7 Å². The summed E-state index contributed by atoms with van der Waals surface area (Å²) < 4.78 is 0. The Morgan fingerprint density at radius 2 is 1.48 bits per heavy atom. The maximum Gasteiger partial charge on any atom is 0.233 e. The van der Waals surface area contributed by atoms with E-state index in [1.165, 1.54) is 0 Å². The molecular weight excluding hydrogens is 336 g/mol. The van der Waals surface area contributed by atoms with Gasteiger partial charge in [0.1, 0.15) is 6.42 Å². The number of amides is 2. The molecule has 132 valence electrons. The van der Waals surface area contributed by atoms with Gasteiger partial charge in [0, 0.05) is 17.3 Å². The molecular formula is C20H23ClN2O2. The molecule has 2 amide bonds. The van der Waals surface area contributed by atoms with Gasteiger partial charge in [0.15, 0.2) is 0 Å². The van der Waals surface area contributed by atoms with E-state index in [1.54, 1.807) is 6.07 Å². The van der Waals surface area contributed by atoms with Crippen molar-refractivity contribution < 1.29 is 9.59 Å². The summed E-state index contributed by atoms with van der Waals surface area (Å²) in [6.45, 7) is 4.39. The van der Waals surface area contributed by atoms with Crippen molar-refractivity contribution in [1.29, 1.82) is 0 Å². The Hall–Kier alpha value is -2.33. The molecule has 2 N–H and O–H groups in total. The highest BCUT2D eigenvalue weighted by molar-refractivity contribution is 6.31. The maximum absolute atomic E-state index is 12.2. The lowest BCUT2D eigenvalue weighted by Crippen LogP contribution is -2.28. The zero-order valence-corrected chi connectivity index (χ0v) is 15.3. The first-order valence-electron chi connectivity index (χ1n) is 8.45. The highest BCUT2D eigenvalue weighted by Crippen LogP contribution is 2.22. The number of para-hydroxylation sites is 1. The lowest BCUT2D eigenvalue weighted by molar-refractivity contribution is -0.126. The molecule has 0 aromatic heterocycles. The predicted molar refractivity (Wildman–Crippen MR) is 102 cm³/mol. The van der Waals surface area contributed by atoms with E-state index >= 15 is 0 Å². The monoisotopic (exact) mass is 358 g/mol. The molecule has 5 heteroatoms. The van der Waals surface area contributed by atoms with Gasteiger partial charge in [-0.25, -0.2) is 0 Å². The van der Waals surface area contributed by atoms with Crippen LogP contribution in [0.15, 0.2) is 42.5 Å². The largest absolute Gasteiger partial charge is 0.352 e. The second-order valence-corrected chi connectivity index (χ2v) is 6.16. The van der Waals surface area contributed by atoms with Crippen LogP contribution in [0.1, 0.15) is 37.0 Å². The fourth-order valence-corrected chi connectivity index (χ4v) is 2.83. The summed E-state index contributed by atoms with van der Waals surface area (Å²) >= 11 is 6.06. The molecule has 0 aliphatic heterocycles. The molecule has 0 bridgehead atoms. The van der Waals surface area contributed by atoms with Crippen molar-refractivity contribution in [2.24, 2.45) is 0 Å². The lowest BCUT2D eigenvalue weighted by Gasteiger charge is -2.14. The first-order valence-corrected chi connectivity index (χ1v) is 8.83. The van der Waals surface area contributed by atoms with Gasteiger partial charge in [-0.05, 0) is 35.6 Å². The Bertz CT molecular complexity index is 737. The topological polar surface area (TPSA) is 58.2 Å². The summed E-state index contributed by atoms with van der Waals surface area (Å²) in [6.07, 6.45) is 1.43. The normalized spacial score (nSPS) is 10.4. The van der Waals surface area contributed by atoms with Crippen LogP contribution in [0.25, 0.3) is 0 Å². The lowest BCUT2D eigenvalue weighted by atomic mass is 10.0. The van der Waals surface area contributed by atoms with Crippen molar-refractivity contribution >= 4 is 29.1 Å². The Balaban J connectivity index is 1.94. The molecule has 4 nitrogen and oxygen atoms in total. The van der Waals surface area contributed by atoms with Gasteiger partial charge in [0.2, 0.25) is 11.8 Å². The van der Waals surface area contributed by atoms with Crippen molar-refractivity contribution in [3.05, 3.63) is 64.2 Å². The third kappa shape index (κ3) is 5.33. The molecule has 0 saturated carbocycles. The molecule has 0 aliphatic rings. The van der Waals surface area contributed by atoms with Gasteiger partial charge in [0.25, 0.3) is 0 Å². The van der Waals surface area contributed by atoms with Crippen LogP contribution in [-0.2, 0) is 29.0 Å². The smallest absolute Gasteiger partial charge is 0.233 e. The molecule has 0 atom stereocenters. The van der Waals surface area contributed by atoms with Gasteiger partial charge in [0.05, 0.1) is 0 Å². The maximum atomic E-state index is 12.2. The number of carbonyl (C=O) groups excluding carboxylic acids is 2. The van der Waals surface area contributed by atoms with Crippen LogP contribution in [0.5, 0.6) is 0 Å². The number of halogens is 1. The van der Waals surface area contributed by atoms with Crippen molar-refractivity contribution in [3.63, 3.8) is 0 Å². The number of carbonyl (C=O) groups is 2. The van der Waals surface area contributed by atoms with Crippen LogP contribution in [0, 0.1) is 0 Å². The highest BCUT2D eigenvalue weighted by atomic mass is 35.5. The number of benzene rings is 2. The van der Waals surface area contributed by atoms with Gasteiger partial charge < -0.3 is 10.6 Å². The minimum Gasteiger partial charge on any atom is -0.352 e. The van der Waals surface area contributed by atoms with E-state index in [9.17, 15) is 9.59 Å². The van der Waals surface area contributed by atoms with Crippen molar-refractivity contribution in [1.82, 2.24) is 5.32 Å². The minimum absolute atomic E-state index is 0.217. The molecule has 2 rings (SSSR count). The molecule has 25 heavy (non-hydrogen) atoms. The summed E-state index contributed by atoms with van der Waals surface area (Å²) in [7, 11) is 0. The average molecular weight is 359 g/mol. The van der Waals surface area contributed by atoms with Crippen LogP contribution < -0.4 is 10.6 Å². The zero-order chi connectivity index (χ0) is 18.2. The Morgan fingerprint density at radius 1 is 0.880 bits per heavy atom. The van der Waals surface area contributed by atoms with Gasteiger partial charge in [-0.1, -0.05) is 61.8 Å². The Morgan fingerprint density at radius 3 is 2.08 bits per heavy atom. The number of rotatable bonds is 7. The second kappa shape index (κ2) is 9.23. The molecule has 0 aliphatic carbocycles. The molecule has 0 spiro atoms. The van der Waals surface area contributed by atoms with E-state index in [2.05, 4.69) is 10.6 Å². The molecule has 0 radical (unpaired) electrons. The van der Waals surface area contributed by atoms with E-state index < -0.39 is 0 Å². The van der Waals surface area contributed by atoms with Crippen LogP contribution in [0.2, 0.25) is 5.02 Å². The summed E-state index contributed by atoms with van der Waals surface area (Å²) in [5.74, 6) is -0.642. The SMILES string of the molecule is CCc1cccc(CC)c1NC(=O)CC(=O)NCc1ccccc1Cl. The first kappa shape index (κ1) is 19.0. The van der Waals surface area contributed by atoms with E-state index in [0.29, 0.717) is 11.6 Å². The molecule has 0 heterocycles. The number of aryl methyl sites for hydroxylation is 2. The molecule has 0 unspecified atom stereocenters. The van der Waals surface area contributed by atoms with E-state index in [0.717, 1.165) is 35.2 Å². The van der Waals surface area contributed by atoms with Crippen LogP contribution in [-0.4, -0.2) is 11.8 Å². The van der Waals surface area contributed by atoms with Crippen LogP contribution in [0.3, 0.4) is 0 Å². The number of anilines is 1. The summed E-state index contributed by atoms with van der Waals surface area (Å²) in [6, 6.07) is 13.3. The van der Waals surface area contributed by atoms with Gasteiger partial charge in [-0.15, -0.1) is 0 Å². The van der Waals surface area contributed by atoms with E-state index in [4.69, 9.17) is 11.6 Å². The standard InChI is InChI=1S/C20H23ClN2O2/c1-3-14-9-7-10-15(4-2)20(14)23-19(25)12-18(24)22-13-16-8-5-6-11-17(16)21/h5-11H,3-4,12-13H2,1-2H3,(H,22,24)(H,23,25). The molecule has 0 saturated heterocycles. The Kier molecular flexibility index (Phi) is 7.02. The predicted octanol–water partition coefficient (Wildman–Crippen LogP) is 4.11. The molecule has 2 aromatic rings. The first-order chi connectivity index (χ1) is 12.0. The fourth-order valence-electron chi connectivity index (χ4n) is 2.63. The molecule has 0 fully saturated rings. The summed E-state index contributed by atoms with van der Waals surface area (Å²) in [5, 5.41) is 6.22. The number of nitrogens with one attached hydrogen (secondary N) is 2. The average Bonchev–Trinajstić information content (AvgIpc) is 2.61. The highest BCUT2D eigenvalue weighted by Gasteiger charge is 2.13. The van der Waals surface area contributed by atoms with E-state index in [-0.39, 0.29) is 18.2 Å². The summed E-state index contributed by atoms with van der Waals surface area (Å²) in [5.41, 5.74) is 3.80. The quantitative estimate of drug-likeness (QED) is 0.732. The summed E-state index contributed by atoms with van der Waals surface area (Å²) in [4.78, 5) is 24.3.